The van der Waals surface area contributed by atoms with Gasteiger partial charge in [-0.15, -0.1) is 0 Å². The highest BCUT2D eigenvalue weighted by atomic mass is 14.4. The molecular weight excluding hydrogens is 769 g/mol. The standard InChI is InChI=1S/2C25H28.2C7H8/c1-19(22-13-7-4-8-14-22)25(20(2)23-15-9-5-10-16-23)21(3)24-17-11-6-12-18-24;1-4-10-22(11-5-1)16-19-25(20-17-23-12-6-2-7-13-23)21-18-24-14-8-3-9-15-24;2*1-7-5-3-2-4-6-7/h4-21,25H,1-3H3;1-15,25H,16-21H2;2*2-6H,1H3. The number of hydrogen-bond acceptors (Lipinski definition) is 0. The van der Waals surface area contributed by atoms with Gasteiger partial charge in [0.15, 0.2) is 0 Å². The van der Waals surface area contributed by atoms with E-state index in [4.69, 9.17) is 0 Å². The molecule has 0 saturated heterocycles. The van der Waals surface area contributed by atoms with Crippen molar-refractivity contribution in [3.63, 3.8) is 0 Å². The smallest absolute Gasteiger partial charge is 0.0151 e. The van der Waals surface area contributed by atoms with E-state index < -0.39 is 0 Å². The largest absolute Gasteiger partial charge is 0.0622 e. The monoisotopic (exact) mass is 841 g/mol. The van der Waals surface area contributed by atoms with Crippen molar-refractivity contribution in [2.24, 2.45) is 11.8 Å². The molecule has 0 N–H and O–H groups in total. The Morgan fingerprint density at radius 1 is 0.266 bits per heavy atom. The molecule has 3 atom stereocenters. The predicted molar refractivity (Wildman–Crippen MR) is 278 cm³/mol. The van der Waals surface area contributed by atoms with Gasteiger partial charge in [-0.25, -0.2) is 0 Å². The summed E-state index contributed by atoms with van der Waals surface area (Å²) in [7, 11) is 0. The quantitative estimate of drug-likeness (QED) is 0.0965. The fourth-order valence-corrected chi connectivity index (χ4v) is 8.78. The molecule has 0 amide bonds. The van der Waals surface area contributed by atoms with Gasteiger partial charge in [0, 0.05) is 0 Å². The van der Waals surface area contributed by atoms with Crippen LogP contribution >= 0.6 is 0 Å². The van der Waals surface area contributed by atoms with Crippen LogP contribution in [0.25, 0.3) is 0 Å². The molecule has 0 bridgehead atoms. The van der Waals surface area contributed by atoms with Crippen LogP contribution in [-0.2, 0) is 19.3 Å². The summed E-state index contributed by atoms with van der Waals surface area (Å²) in [6, 6.07) is 86.1. The van der Waals surface area contributed by atoms with Gasteiger partial charge >= 0.3 is 0 Å². The zero-order chi connectivity index (χ0) is 45.0. The molecule has 0 radical (unpaired) electrons. The first kappa shape index (κ1) is 48.8. The number of hydrogen-bond donors (Lipinski definition) is 0. The van der Waals surface area contributed by atoms with Gasteiger partial charge in [-0.1, -0.05) is 275 Å². The van der Waals surface area contributed by atoms with Crippen LogP contribution in [0.1, 0.15) is 102 Å². The second-order valence-corrected chi connectivity index (χ2v) is 17.4. The molecule has 0 aliphatic heterocycles. The molecular formula is C64H72. The summed E-state index contributed by atoms with van der Waals surface area (Å²) in [5.41, 5.74) is 11.3. The second-order valence-electron chi connectivity index (χ2n) is 17.4. The zero-order valence-corrected chi connectivity index (χ0v) is 39.2. The summed E-state index contributed by atoms with van der Waals surface area (Å²) in [5.74, 6) is 2.79. The zero-order valence-electron chi connectivity index (χ0n) is 39.2. The van der Waals surface area contributed by atoms with Crippen LogP contribution in [0.2, 0.25) is 0 Å². The first-order valence-electron chi connectivity index (χ1n) is 23.7. The van der Waals surface area contributed by atoms with E-state index in [1.165, 1.54) is 83.0 Å². The molecule has 0 saturated carbocycles. The molecule has 0 aliphatic carbocycles. The Bertz CT molecular complexity index is 2060. The Hall–Kier alpha value is -6.24. The molecule has 0 aliphatic rings. The fourth-order valence-electron chi connectivity index (χ4n) is 8.78. The number of aryl methyl sites for hydroxylation is 5. The van der Waals surface area contributed by atoms with Gasteiger partial charge < -0.3 is 0 Å². The van der Waals surface area contributed by atoms with Crippen molar-refractivity contribution in [1.29, 1.82) is 0 Å². The van der Waals surface area contributed by atoms with Crippen LogP contribution in [0, 0.1) is 25.7 Å². The van der Waals surface area contributed by atoms with Gasteiger partial charge in [0.25, 0.3) is 0 Å². The Morgan fingerprint density at radius 2 is 0.469 bits per heavy atom. The van der Waals surface area contributed by atoms with E-state index in [1.54, 1.807) is 0 Å². The summed E-state index contributed by atoms with van der Waals surface area (Å²) < 4.78 is 0. The van der Waals surface area contributed by atoms with Crippen molar-refractivity contribution >= 4 is 0 Å². The molecule has 8 aromatic rings. The van der Waals surface area contributed by atoms with E-state index in [-0.39, 0.29) is 0 Å². The van der Waals surface area contributed by atoms with Crippen molar-refractivity contribution in [3.05, 3.63) is 287 Å². The summed E-state index contributed by atoms with van der Waals surface area (Å²) in [4.78, 5) is 0. The third kappa shape index (κ3) is 17.9. The molecule has 3 unspecified atom stereocenters. The van der Waals surface area contributed by atoms with E-state index >= 15 is 0 Å². The SMILES string of the molecule is CC(c1ccccc1)C(C(C)c1ccccc1)C(C)c1ccccc1.Cc1ccccc1.Cc1ccccc1.c1ccc(CCC(CCc2ccccc2)CCc2ccccc2)cc1. The van der Waals surface area contributed by atoms with Crippen molar-refractivity contribution in [2.75, 3.05) is 0 Å². The third-order valence-electron chi connectivity index (χ3n) is 12.6. The number of benzene rings is 8. The van der Waals surface area contributed by atoms with Gasteiger partial charge in [0.05, 0.1) is 0 Å². The lowest BCUT2D eigenvalue weighted by molar-refractivity contribution is 0.329. The van der Waals surface area contributed by atoms with Crippen molar-refractivity contribution in [2.45, 2.75) is 90.9 Å². The maximum absolute atomic E-state index is 2.39. The molecule has 0 fully saturated rings. The lowest BCUT2D eigenvalue weighted by Crippen LogP contribution is -2.23. The van der Waals surface area contributed by atoms with E-state index in [0.29, 0.717) is 23.7 Å². The minimum atomic E-state index is 0.492. The fraction of sp³-hybridized carbons (Fsp3) is 0.250. The van der Waals surface area contributed by atoms with Crippen LogP contribution in [0.4, 0.5) is 0 Å². The van der Waals surface area contributed by atoms with Gasteiger partial charge in [-0.05, 0) is 115 Å². The maximum Gasteiger partial charge on any atom is -0.0151 e. The van der Waals surface area contributed by atoms with Crippen molar-refractivity contribution in [3.8, 4) is 0 Å². The first-order chi connectivity index (χ1) is 31.4. The lowest BCUT2D eigenvalue weighted by Gasteiger charge is -2.35. The molecule has 8 aromatic carbocycles. The second kappa shape index (κ2) is 28.4. The molecule has 8 rings (SSSR count). The Labute approximate surface area is 388 Å². The Kier molecular flexibility index (Phi) is 21.7. The molecule has 0 heteroatoms. The van der Waals surface area contributed by atoms with E-state index in [0.717, 1.165) is 5.92 Å². The highest BCUT2D eigenvalue weighted by molar-refractivity contribution is 5.29. The molecule has 64 heavy (non-hydrogen) atoms. The van der Waals surface area contributed by atoms with Gasteiger partial charge in [0.1, 0.15) is 0 Å². The highest BCUT2D eigenvalue weighted by Crippen LogP contribution is 2.44. The molecule has 0 nitrogen and oxygen atoms in total. The van der Waals surface area contributed by atoms with Crippen LogP contribution < -0.4 is 0 Å². The minimum Gasteiger partial charge on any atom is -0.0622 e. The predicted octanol–water partition coefficient (Wildman–Crippen LogP) is 17.5. The van der Waals surface area contributed by atoms with Crippen LogP contribution in [-0.4, -0.2) is 0 Å². The number of rotatable bonds is 15. The van der Waals surface area contributed by atoms with Crippen molar-refractivity contribution in [1.82, 2.24) is 0 Å². The Morgan fingerprint density at radius 3 is 0.672 bits per heavy atom. The lowest BCUT2D eigenvalue weighted by atomic mass is 9.69. The third-order valence-corrected chi connectivity index (χ3v) is 12.6. The molecule has 0 aromatic heterocycles. The normalized spacial score (nSPS) is 12.4. The van der Waals surface area contributed by atoms with Gasteiger partial charge in [0.2, 0.25) is 0 Å². The van der Waals surface area contributed by atoms with E-state index in [2.05, 4.69) is 241 Å². The maximum atomic E-state index is 2.39. The summed E-state index contributed by atoms with van der Waals surface area (Å²) >= 11 is 0. The van der Waals surface area contributed by atoms with Crippen molar-refractivity contribution < 1.29 is 0 Å². The minimum absolute atomic E-state index is 0.492. The average molecular weight is 841 g/mol. The highest BCUT2D eigenvalue weighted by Gasteiger charge is 2.31. The van der Waals surface area contributed by atoms with Crippen LogP contribution in [0.15, 0.2) is 243 Å². The summed E-state index contributed by atoms with van der Waals surface area (Å²) in [6.45, 7) is 11.3. The van der Waals surface area contributed by atoms with Crippen LogP contribution in [0.5, 0.6) is 0 Å². The molecule has 0 spiro atoms. The molecule has 328 valence electrons. The summed E-state index contributed by atoms with van der Waals surface area (Å²) in [5, 5.41) is 0. The van der Waals surface area contributed by atoms with E-state index in [1.807, 2.05) is 36.4 Å². The van der Waals surface area contributed by atoms with Crippen LogP contribution in [0.3, 0.4) is 0 Å². The Balaban J connectivity index is 0.000000185. The molecule has 0 heterocycles. The first-order valence-corrected chi connectivity index (χ1v) is 23.7. The van der Waals surface area contributed by atoms with E-state index in [9.17, 15) is 0 Å². The van der Waals surface area contributed by atoms with Gasteiger partial charge in [-0.3, -0.25) is 0 Å². The average Bonchev–Trinajstić information content (AvgIpc) is 3.36. The topological polar surface area (TPSA) is 0 Å². The van der Waals surface area contributed by atoms with Gasteiger partial charge in [-0.2, -0.15) is 0 Å². The summed E-state index contributed by atoms with van der Waals surface area (Å²) in [6.07, 6.45) is 7.41.